The van der Waals surface area contributed by atoms with Crippen molar-refractivity contribution in [3.8, 4) is 16.9 Å². The lowest BCUT2D eigenvalue weighted by molar-refractivity contribution is 0.0826. The maximum absolute atomic E-state index is 15.0. The van der Waals surface area contributed by atoms with Crippen LogP contribution in [0, 0.1) is 12.7 Å². The zero-order valence-electron chi connectivity index (χ0n) is 21.5. The highest BCUT2D eigenvalue weighted by Gasteiger charge is 2.26. The highest BCUT2D eigenvalue weighted by molar-refractivity contribution is 6.06. The Morgan fingerprint density at radius 1 is 1.08 bits per heavy atom. The van der Waals surface area contributed by atoms with Crippen LogP contribution >= 0.6 is 0 Å². The first-order chi connectivity index (χ1) is 18.4. The molecule has 0 aliphatic carbocycles. The van der Waals surface area contributed by atoms with Gasteiger partial charge in [-0.05, 0) is 66.6 Å². The number of ether oxygens (including phenoxy) is 1. The van der Waals surface area contributed by atoms with Gasteiger partial charge >= 0.3 is 0 Å². The van der Waals surface area contributed by atoms with Crippen molar-refractivity contribution in [1.82, 2.24) is 9.97 Å². The molecule has 2 atom stereocenters. The first kappa shape index (κ1) is 25.3. The molecule has 2 aromatic carbocycles. The summed E-state index contributed by atoms with van der Waals surface area (Å²) in [6.07, 6.45) is 3.79. The van der Waals surface area contributed by atoms with Crippen LogP contribution in [-0.2, 0) is 4.84 Å². The van der Waals surface area contributed by atoms with E-state index in [1.165, 1.54) is 6.07 Å². The first-order valence-electron chi connectivity index (χ1n) is 12.5. The third-order valence-corrected chi connectivity index (χ3v) is 6.70. The summed E-state index contributed by atoms with van der Waals surface area (Å²) in [6, 6.07) is 19.9. The van der Waals surface area contributed by atoms with Crippen LogP contribution in [0.25, 0.3) is 11.1 Å². The van der Waals surface area contributed by atoms with E-state index in [0.717, 1.165) is 22.5 Å². The van der Waals surface area contributed by atoms with E-state index in [1.54, 1.807) is 31.6 Å². The Balaban J connectivity index is 1.46. The van der Waals surface area contributed by atoms with Gasteiger partial charge in [0.1, 0.15) is 11.6 Å². The molecule has 1 aliphatic rings. The summed E-state index contributed by atoms with van der Waals surface area (Å²) in [5.74, 6) is 0.143. The van der Waals surface area contributed by atoms with Crippen molar-refractivity contribution in [2.45, 2.75) is 38.7 Å². The van der Waals surface area contributed by atoms with Crippen molar-refractivity contribution in [1.29, 1.82) is 0 Å². The van der Waals surface area contributed by atoms with Gasteiger partial charge < -0.3 is 9.57 Å². The van der Waals surface area contributed by atoms with Crippen molar-refractivity contribution in [3.63, 3.8) is 0 Å². The molecule has 0 spiro atoms. The maximum atomic E-state index is 15.0. The number of methoxy groups -OCH3 is 1. The largest absolute Gasteiger partial charge is 0.495 e. The van der Waals surface area contributed by atoms with E-state index in [2.05, 4.69) is 15.1 Å². The Kier molecular flexibility index (Phi) is 7.26. The Bertz CT molecular complexity index is 1490. The van der Waals surface area contributed by atoms with Gasteiger partial charge in [-0.2, -0.15) is 0 Å². The van der Waals surface area contributed by atoms with Crippen LogP contribution < -0.4 is 4.74 Å². The number of ketones is 1. The summed E-state index contributed by atoms with van der Waals surface area (Å²) < 4.78 is 20.2. The zero-order chi connectivity index (χ0) is 26.6. The molecule has 38 heavy (non-hydrogen) atoms. The highest BCUT2D eigenvalue weighted by Crippen LogP contribution is 2.32. The van der Waals surface area contributed by atoms with E-state index in [4.69, 9.17) is 9.57 Å². The lowest BCUT2D eigenvalue weighted by Crippen LogP contribution is -2.09. The van der Waals surface area contributed by atoms with E-state index < -0.39 is 0 Å². The van der Waals surface area contributed by atoms with Crippen LogP contribution in [0.3, 0.4) is 0 Å². The number of carbonyl (C=O) groups excluding carboxylic acids is 1. The fraction of sp³-hybridized carbons (Fsp3) is 0.226. The van der Waals surface area contributed by atoms with E-state index >= 15 is 0 Å². The number of oxime groups is 1. The van der Waals surface area contributed by atoms with Gasteiger partial charge in [-0.1, -0.05) is 30.3 Å². The molecule has 7 heteroatoms. The molecule has 3 heterocycles. The maximum Gasteiger partial charge on any atom is 0.174 e. The Labute approximate surface area is 221 Å². The molecule has 0 bridgehead atoms. The van der Waals surface area contributed by atoms with Gasteiger partial charge in [0.05, 0.1) is 24.7 Å². The van der Waals surface area contributed by atoms with Crippen molar-refractivity contribution < 1.29 is 18.8 Å². The molecule has 0 radical (unpaired) electrons. The van der Waals surface area contributed by atoms with Crippen LogP contribution in [0.4, 0.5) is 4.39 Å². The Hall–Kier alpha value is -4.39. The normalized spacial score (nSPS) is 15.5. The molecule has 4 aromatic rings. The van der Waals surface area contributed by atoms with Gasteiger partial charge in [0.15, 0.2) is 11.9 Å². The Morgan fingerprint density at radius 2 is 1.92 bits per heavy atom. The van der Waals surface area contributed by atoms with Gasteiger partial charge in [-0.25, -0.2) is 4.39 Å². The van der Waals surface area contributed by atoms with Crippen molar-refractivity contribution in [2.75, 3.05) is 7.11 Å². The molecule has 0 saturated heterocycles. The minimum atomic E-state index is -0.340. The van der Waals surface area contributed by atoms with Gasteiger partial charge in [-0.15, -0.1) is 0 Å². The summed E-state index contributed by atoms with van der Waals surface area (Å²) in [5.41, 5.74) is 5.34. The van der Waals surface area contributed by atoms with Crippen LogP contribution in [0.2, 0.25) is 0 Å². The monoisotopic (exact) mass is 509 g/mol. The molecule has 192 valence electrons. The molecule has 1 aliphatic heterocycles. The van der Waals surface area contributed by atoms with Crippen LogP contribution in [0.15, 0.2) is 84.3 Å². The molecule has 5 rings (SSSR count). The molecule has 0 fully saturated rings. The summed E-state index contributed by atoms with van der Waals surface area (Å²) >= 11 is 0. The molecule has 0 N–H and O–H groups in total. The molecule has 0 saturated carbocycles. The van der Waals surface area contributed by atoms with E-state index in [-0.39, 0.29) is 30.0 Å². The minimum Gasteiger partial charge on any atom is -0.495 e. The van der Waals surface area contributed by atoms with Gasteiger partial charge in [0.25, 0.3) is 0 Å². The second-order valence-electron chi connectivity index (χ2n) is 9.52. The highest BCUT2D eigenvalue weighted by atomic mass is 19.1. The van der Waals surface area contributed by atoms with Crippen LogP contribution in [0.1, 0.15) is 64.7 Å². The standard InChI is InChI=1S/C31H28FN3O3/c1-19-7-9-25(26(32)12-19)21-14-22(29-17-31(38-35-29)28-6-4-5-11-33-28)16-23(15-21)30(36)13-20(2)27-10-8-24(37-3)18-34-27/h4-12,14-16,18,20,31H,13,17H2,1-3H3/t20-,31?/m0/s1. The first-order valence-corrected chi connectivity index (χ1v) is 12.5. The van der Waals surface area contributed by atoms with Crippen LogP contribution in [-0.4, -0.2) is 28.6 Å². The summed E-state index contributed by atoms with van der Waals surface area (Å²) in [6.45, 7) is 3.80. The number of rotatable bonds is 8. The predicted molar refractivity (Wildman–Crippen MR) is 144 cm³/mol. The zero-order valence-corrected chi connectivity index (χ0v) is 21.5. The van der Waals surface area contributed by atoms with E-state index in [9.17, 15) is 9.18 Å². The number of halogens is 1. The van der Waals surface area contributed by atoms with Crippen molar-refractivity contribution in [2.24, 2.45) is 5.16 Å². The van der Waals surface area contributed by atoms with Crippen molar-refractivity contribution >= 4 is 11.5 Å². The molecular weight excluding hydrogens is 481 g/mol. The number of aromatic nitrogens is 2. The molecular formula is C31H28FN3O3. The second-order valence-corrected chi connectivity index (χ2v) is 9.52. The average molecular weight is 510 g/mol. The quantitative estimate of drug-likeness (QED) is 0.243. The summed E-state index contributed by atoms with van der Waals surface area (Å²) in [5, 5.41) is 4.31. The molecule has 0 amide bonds. The predicted octanol–water partition coefficient (Wildman–Crippen LogP) is 6.84. The van der Waals surface area contributed by atoms with Gasteiger partial charge in [-0.3, -0.25) is 14.8 Å². The summed E-state index contributed by atoms with van der Waals surface area (Å²) in [4.78, 5) is 28.0. The molecule has 2 aromatic heterocycles. The van der Waals surface area contributed by atoms with Gasteiger partial charge in [0.2, 0.25) is 0 Å². The molecule has 6 nitrogen and oxygen atoms in total. The third-order valence-electron chi connectivity index (χ3n) is 6.70. The van der Waals surface area contributed by atoms with Crippen LogP contribution in [0.5, 0.6) is 5.75 Å². The number of benzene rings is 2. The minimum absolute atomic E-state index is 0.0634. The molecule has 1 unspecified atom stereocenters. The average Bonchev–Trinajstić information content (AvgIpc) is 3.44. The SMILES string of the molecule is COc1ccc([C@@H](C)CC(=O)c2cc(C3=NOC(c4ccccn4)C3)cc(-c3ccc(C)cc3F)c2)nc1. The summed E-state index contributed by atoms with van der Waals surface area (Å²) in [7, 11) is 1.59. The third kappa shape index (κ3) is 5.47. The number of hydrogen-bond acceptors (Lipinski definition) is 6. The topological polar surface area (TPSA) is 73.7 Å². The number of pyridine rings is 2. The number of hydrogen-bond donors (Lipinski definition) is 0. The van der Waals surface area contributed by atoms with Crippen molar-refractivity contribution in [3.05, 3.63) is 113 Å². The Morgan fingerprint density at radius 3 is 2.63 bits per heavy atom. The number of aryl methyl sites for hydroxylation is 1. The lowest BCUT2D eigenvalue weighted by Gasteiger charge is -2.14. The smallest absolute Gasteiger partial charge is 0.174 e. The fourth-order valence-electron chi connectivity index (χ4n) is 4.54. The lowest BCUT2D eigenvalue weighted by atomic mass is 9.91. The van der Waals surface area contributed by atoms with E-state index in [1.807, 2.05) is 62.4 Å². The van der Waals surface area contributed by atoms with Gasteiger partial charge in [0, 0.05) is 47.3 Å². The second kappa shape index (κ2) is 10.9. The number of carbonyl (C=O) groups is 1. The fourth-order valence-corrected chi connectivity index (χ4v) is 4.54. The van der Waals surface area contributed by atoms with E-state index in [0.29, 0.717) is 34.6 Å². The number of Topliss-reactive ketones (excluding diaryl/α,β-unsaturated/α-hetero) is 1. The number of nitrogens with zero attached hydrogens (tertiary/aromatic N) is 3.